The average Bonchev–Trinajstić information content (AvgIpc) is 2.94. The maximum absolute atomic E-state index is 14.9. The van der Waals surface area contributed by atoms with Crippen molar-refractivity contribution >= 4 is 0 Å². The van der Waals surface area contributed by atoms with Gasteiger partial charge in [0.2, 0.25) is 0 Å². The topological polar surface area (TPSA) is 21.7 Å². The van der Waals surface area contributed by atoms with E-state index in [4.69, 9.17) is 9.47 Å². The van der Waals surface area contributed by atoms with E-state index in [1.807, 2.05) is 12.1 Å². The molecule has 0 amide bonds. The van der Waals surface area contributed by atoms with E-state index in [9.17, 15) is 8.78 Å². The van der Waals surface area contributed by atoms with Crippen molar-refractivity contribution < 1.29 is 18.3 Å². The molecule has 0 N–H and O–H groups in total. The summed E-state index contributed by atoms with van der Waals surface area (Å²) in [5.41, 5.74) is 1.61. The van der Waals surface area contributed by atoms with Gasteiger partial charge in [0, 0.05) is 30.0 Å². The molecule has 4 atom stereocenters. The Bertz CT molecular complexity index is 749. The van der Waals surface area contributed by atoms with Gasteiger partial charge in [0.1, 0.15) is 0 Å². The summed E-state index contributed by atoms with van der Waals surface area (Å²) >= 11 is 0. The first kappa shape index (κ1) is 15.6. The summed E-state index contributed by atoms with van der Waals surface area (Å²) in [6.07, 6.45) is 2.95. The third-order valence-electron chi connectivity index (χ3n) is 6.97. The van der Waals surface area contributed by atoms with Crippen LogP contribution in [0.1, 0.15) is 30.4 Å². The molecule has 2 bridgehead atoms. The molecule has 2 aliphatic heterocycles. The number of nitrogens with zero attached hydrogens (tertiary/aromatic N) is 1. The summed E-state index contributed by atoms with van der Waals surface area (Å²) in [6.45, 7) is 5.51. The van der Waals surface area contributed by atoms with Gasteiger partial charge in [-0.15, -0.1) is 6.58 Å². The zero-order valence-corrected chi connectivity index (χ0v) is 14.4. The number of methoxy groups -OCH3 is 1. The molecule has 2 fully saturated rings. The summed E-state index contributed by atoms with van der Waals surface area (Å²) in [5, 5.41) is 0. The van der Waals surface area contributed by atoms with Crippen molar-refractivity contribution in [2.75, 3.05) is 20.2 Å². The summed E-state index contributed by atoms with van der Waals surface area (Å²) < 4.78 is 41.3. The van der Waals surface area contributed by atoms with Crippen LogP contribution in [0.25, 0.3) is 0 Å². The highest BCUT2D eigenvalue weighted by Crippen LogP contribution is 2.66. The molecule has 3 nitrogen and oxygen atoms in total. The number of piperidine rings is 1. The van der Waals surface area contributed by atoms with E-state index in [2.05, 4.69) is 17.5 Å². The zero-order chi connectivity index (χ0) is 17.4. The third-order valence-corrected chi connectivity index (χ3v) is 6.97. The first-order chi connectivity index (χ1) is 12.0. The predicted molar refractivity (Wildman–Crippen MR) is 90.6 cm³/mol. The van der Waals surface area contributed by atoms with Crippen molar-refractivity contribution in [2.45, 2.75) is 49.2 Å². The van der Waals surface area contributed by atoms with Gasteiger partial charge in [-0.25, -0.2) is 8.78 Å². The SMILES string of the molecule is C=CCN1CCC23c4c5ccc(OC)c4O[C@@H]2C(F)(F)CCC3[C@@H]1C5. The second-order valence-electron chi connectivity index (χ2n) is 7.88. The van der Waals surface area contributed by atoms with Crippen molar-refractivity contribution in [2.24, 2.45) is 5.92 Å². The molecule has 1 spiro atoms. The maximum Gasteiger partial charge on any atom is 0.285 e. The van der Waals surface area contributed by atoms with Crippen molar-refractivity contribution in [1.82, 2.24) is 4.90 Å². The highest BCUT2D eigenvalue weighted by Gasteiger charge is 2.70. The highest BCUT2D eigenvalue weighted by molar-refractivity contribution is 5.61. The zero-order valence-electron chi connectivity index (χ0n) is 14.4. The normalized spacial score (nSPS) is 37.2. The Balaban J connectivity index is 1.74. The van der Waals surface area contributed by atoms with E-state index in [0.717, 1.165) is 37.1 Å². The lowest BCUT2D eigenvalue weighted by atomic mass is 9.51. The van der Waals surface area contributed by atoms with Gasteiger partial charge < -0.3 is 9.47 Å². The Hall–Kier alpha value is -1.62. The largest absolute Gasteiger partial charge is 0.493 e. The van der Waals surface area contributed by atoms with Gasteiger partial charge in [-0.1, -0.05) is 12.1 Å². The molecule has 0 aromatic heterocycles. The number of alkyl halides is 2. The summed E-state index contributed by atoms with van der Waals surface area (Å²) in [5.74, 6) is -1.41. The van der Waals surface area contributed by atoms with Crippen LogP contribution in [0.3, 0.4) is 0 Å². The van der Waals surface area contributed by atoms with Gasteiger partial charge in [-0.05, 0) is 43.4 Å². The van der Waals surface area contributed by atoms with Crippen LogP contribution in [0.2, 0.25) is 0 Å². The Morgan fingerprint density at radius 3 is 3.00 bits per heavy atom. The van der Waals surface area contributed by atoms with Crippen LogP contribution >= 0.6 is 0 Å². The first-order valence-electron chi connectivity index (χ1n) is 9.12. The van der Waals surface area contributed by atoms with Crippen LogP contribution in [-0.4, -0.2) is 43.2 Å². The highest BCUT2D eigenvalue weighted by atomic mass is 19.3. The minimum atomic E-state index is -2.79. The smallest absolute Gasteiger partial charge is 0.285 e. The van der Waals surface area contributed by atoms with E-state index in [1.165, 1.54) is 0 Å². The number of rotatable bonds is 3. The number of hydrogen-bond acceptors (Lipinski definition) is 3. The summed E-state index contributed by atoms with van der Waals surface area (Å²) in [7, 11) is 1.58. The lowest BCUT2D eigenvalue weighted by molar-refractivity contribution is -0.181. The molecule has 0 radical (unpaired) electrons. The van der Waals surface area contributed by atoms with Crippen molar-refractivity contribution in [3.8, 4) is 11.5 Å². The van der Waals surface area contributed by atoms with Crippen molar-refractivity contribution in [1.29, 1.82) is 0 Å². The van der Waals surface area contributed by atoms with Crippen molar-refractivity contribution in [3.05, 3.63) is 35.9 Å². The molecule has 5 rings (SSSR count). The average molecular weight is 347 g/mol. The summed E-state index contributed by atoms with van der Waals surface area (Å²) in [6, 6.07) is 4.22. The fourth-order valence-electron chi connectivity index (χ4n) is 6.11. The maximum atomic E-state index is 14.9. The second-order valence-corrected chi connectivity index (χ2v) is 7.88. The van der Waals surface area contributed by atoms with E-state index < -0.39 is 17.4 Å². The van der Waals surface area contributed by atoms with Crippen LogP contribution in [0.15, 0.2) is 24.8 Å². The molecular weight excluding hydrogens is 324 g/mol. The van der Waals surface area contributed by atoms with Crippen LogP contribution in [-0.2, 0) is 11.8 Å². The number of hydrogen-bond donors (Lipinski definition) is 0. The van der Waals surface area contributed by atoms with E-state index >= 15 is 0 Å². The first-order valence-corrected chi connectivity index (χ1v) is 9.12. The van der Waals surface area contributed by atoms with Gasteiger partial charge in [-0.2, -0.15) is 0 Å². The molecule has 1 saturated heterocycles. The van der Waals surface area contributed by atoms with Gasteiger partial charge in [-0.3, -0.25) is 4.90 Å². The molecule has 5 heteroatoms. The standard InChI is InChI=1S/C20H23F2NO2/c1-3-9-23-10-8-19-13-6-7-20(21,22)18(19)25-17-15(24-2)5-4-12(16(17)19)11-14(13)23/h3-5,13-14,18H,1,6-11H2,2H3/t13?,14-,18-,19?/m0/s1. The molecule has 25 heavy (non-hydrogen) atoms. The van der Waals surface area contributed by atoms with Gasteiger partial charge in [0.05, 0.1) is 7.11 Å². The van der Waals surface area contributed by atoms with Crippen LogP contribution in [0, 0.1) is 5.92 Å². The lowest BCUT2D eigenvalue weighted by Crippen LogP contribution is -2.68. The van der Waals surface area contributed by atoms with Crippen LogP contribution in [0.4, 0.5) is 8.78 Å². The Kier molecular flexibility index (Phi) is 3.10. The fourth-order valence-corrected chi connectivity index (χ4v) is 6.11. The molecule has 2 heterocycles. The number of halogens is 2. The number of ether oxygens (including phenoxy) is 2. The Morgan fingerprint density at radius 2 is 2.24 bits per heavy atom. The summed E-state index contributed by atoms with van der Waals surface area (Å²) in [4.78, 5) is 2.43. The second kappa shape index (κ2) is 4.97. The number of benzene rings is 1. The van der Waals surface area contributed by atoms with Gasteiger partial charge in [0.25, 0.3) is 5.92 Å². The van der Waals surface area contributed by atoms with E-state index in [-0.39, 0.29) is 12.3 Å². The van der Waals surface area contributed by atoms with Crippen LogP contribution < -0.4 is 9.47 Å². The molecule has 2 unspecified atom stereocenters. The molecule has 134 valence electrons. The Morgan fingerprint density at radius 1 is 1.40 bits per heavy atom. The monoisotopic (exact) mass is 347 g/mol. The van der Waals surface area contributed by atoms with Gasteiger partial charge >= 0.3 is 0 Å². The molecule has 1 aromatic rings. The van der Waals surface area contributed by atoms with Crippen LogP contribution in [0.5, 0.6) is 11.5 Å². The van der Waals surface area contributed by atoms with Gasteiger partial charge in [0.15, 0.2) is 17.6 Å². The molecule has 1 aromatic carbocycles. The number of likely N-dealkylation sites (tertiary alicyclic amines) is 1. The fraction of sp³-hybridized carbons (Fsp3) is 0.600. The minimum absolute atomic E-state index is 0.0891. The molecule has 1 saturated carbocycles. The minimum Gasteiger partial charge on any atom is -0.493 e. The lowest BCUT2D eigenvalue weighted by Gasteiger charge is -2.59. The third kappa shape index (κ3) is 1.77. The molecular formula is C20H23F2NO2. The van der Waals surface area contributed by atoms with E-state index in [1.54, 1.807) is 7.11 Å². The Labute approximate surface area is 146 Å². The molecule has 2 aliphatic carbocycles. The quantitative estimate of drug-likeness (QED) is 0.781. The van der Waals surface area contributed by atoms with E-state index in [0.29, 0.717) is 24.0 Å². The molecule has 4 aliphatic rings. The van der Waals surface area contributed by atoms with Crippen molar-refractivity contribution in [3.63, 3.8) is 0 Å². The predicted octanol–water partition coefficient (Wildman–Crippen LogP) is 3.56.